The topological polar surface area (TPSA) is 0 Å². The number of hydrogen-bond acceptors (Lipinski definition) is 2. The molecule has 3 heteroatoms. The summed E-state index contributed by atoms with van der Waals surface area (Å²) in [6, 6.07) is 17.4. The number of hydrogen-bond donors (Lipinski definition) is 0. The molecule has 2 aromatic heterocycles. The Morgan fingerprint density at radius 2 is 1.53 bits per heavy atom. The second-order valence-corrected chi connectivity index (χ2v) is 6.93. The van der Waals surface area contributed by atoms with E-state index in [-0.39, 0.29) is 0 Å². The fourth-order valence-electron chi connectivity index (χ4n) is 1.66. The van der Waals surface area contributed by atoms with Crippen molar-refractivity contribution in [3.63, 3.8) is 0 Å². The van der Waals surface area contributed by atoms with Gasteiger partial charge in [-0.1, -0.05) is 18.2 Å². The van der Waals surface area contributed by atoms with E-state index in [9.17, 15) is 0 Å². The fraction of sp³-hybridized carbons (Fsp3) is 0. The highest BCUT2D eigenvalue weighted by Crippen LogP contribution is 2.36. The third kappa shape index (κ3) is 2.46. The Balaban J connectivity index is 1.98. The summed E-state index contributed by atoms with van der Waals surface area (Å²) in [4.78, 5) is 4.05. The van der Waals surface area contributed by atoms with E-state index in [1.165, 1.54) is 23.8 Å². The summed E-state index contributed by atoms with van der Waals surface area (Å²) in [6.45, 7) is 0. The summed E-state index contributed by atoms with van der Waals surface area (Å²) in [6.07, 6.45) is 0. The summed E-state index contributed by atoms with van der Waals surface area (Å²) in [5.41, 5.74) is 1.30. The van der Waals surface area contributed by atoms with E-state index in [0.29, 0.717) is 0 Å². The highest BCUT2D eigenvalue weighted by Gasteiger charge is 2.05. The molecule has 17 heavy (non-hydrogen) atoms. The summed E-state index contributed by atoms with van der Waals surface area (Å²) in [7, 11) is 0. The van der Waals surface area contributed by atoms with Crippen molar-refractivity contribution in [2.45, 2.75) is 0 Å². The van der Waals surface area contributed by atoms with Gasteiger partial charge in [-0.05, 0) is 63.9 Å². The Bertz CT molecular complexity index is 606. The van der Waals surface area contributed by atoms with Gasteiger partial charge in [-0.2, -0.15) is 0 Å². The summed E-state index contributed by atoms with van der Waals surface area (Å²) in [5, 5.41) is 2.12. The second kappa shape index (κ2) is 4.92. The average Bonchev–Trinajstić information content (AvgIpc) is 3.00. The molecule has 0 saturated heterocycles. The van der Waals surface area contributed by atoms with Crippen molar-refractivity contribution >= 4 is 45.3 Å². The van der Waals surface area contributed by atoms with Crippen molar-refractivity contribution < 1.29 is 0 Å². The smallest absolute Gasteiger partial charge is 0.0449 e. The number of thiophene rings is 2. The molecule has 0 N–H and O–H groups in total. The molecule has 1 aromatic carbocycles. The normalized spacial score (nSPS) is 10.6. The van der Waals surface area contributed by atoms with Gasteiger partial charge < -0.3 is 0 Å². The minimum atomic E-state index is 1.28. The zero-order valence-electron chi connectivity index (χ0n) is 8.89. The van der Waals surface area contributed by atoms with Crippen molar-refractivity contribution in [1.29, 1.82) is 0 Å². The number of halogens is 1. The molecule has 0 saturated carbocycles. The van der Waals surface area contributed by atoms with Crippen molar-refractivity contribution in [3.8, 4) is 20.2 Å². The summed E-state index contributed by atoms with van der Waals surface area (Å²) >= 11 is 5.99. The van der Waals surface area contributed by atoms with Crippen LogP contribution in [0, 0.1) is 3.57 Å². The van der Waals surface area contributed by atoms with Crippen LogP contribution in [-0.2, 0) is 0 Å². The molecule has 0 aliphatic heterocycles. The maximum Gasteiger partial charge on any atom is 0.0449 e. The maximum atomic E-state index is 2.33. The van der Waals surface area contributed by atoms with Gasteiger partial charge in [0.05, 0.1) is 0 Å². The predicted molar refractivity (Wildman–Crippen MR) is 85.8 cm³/mol. The SMILES string of the molecule is Ic1ccc(-c2ccc(-c3cccs3)s2)cc1. The van der Waals surface area contributed by atoms with Gasteiger partial charge >= 0.3 is 0 Å². The van der Waals surface area contributed by atoms with Gasteiger partial charge in [0.1, 0.15) is 0 Å². The molecule has 0 bridgehead atoms. The lowest BCUT2D eigenvalue weighted by Crippen LogP contribution is -1.72. The largest absolute Gasteiger partial charge is 0.143 e. The molecule has 84 valence electrons. The van der Waals surface area contributed by atoms with Gasteiger partial charge in [-0.3, -0.25) is 0 Å². The van der Waals surface area contributed by atoms with E-state index in [1.807, 2.05) is 11.3 Å². The van der Waals surface area contributed by atoms with Crippen LogP contribution in [0.25, 0.3) is 20.2 Å². The lowest BCUT2D eigenvalue weighted by atomic mass is 10.2. The lowest BCUT2D eigenvalue weighted by Gasteiger charge is -1.96. The van der Waals surface area contributed by atoms with E-state index in [0.717, 1.165) is 0 Å². The van der Waals surface area contributed by atoms with E-state index in [4.69, 9.17) is 0 Å². The first-order valence-corrected chi connectivity index (χ1v) is 8.00. The lowest BCUT2D eigenvalue weighted by molar-refractivity contribution is 1.64. The Morgan fingerprint density at radius 1 is 0.765 bits per heavy atom. The Morgan fingerprint density at radius 3 is 2.24 bits per heavy atom. The highest BCUT2D eigenvalue weighted by atomic mass is 127. The Kier molecular flexibility index (Phi) is 3.31. The van der Waals surface area contributed by atoms with Crippen LogP contribution in [-0.4, -0.2) is 0 Å². The molecular formula is C14H9IS2. The van der Waals surface area contributed by atoms with Crippen LogP contribution in [0.15, 0.2) is 53.9 Å². The van der Waals surface area contributed by atoms with Crippen LogP contribution in [0.5, 0.6) is 0 Å². The first-order valence-electron chi connectivity index (χ1n) is 5.22. The van der Waals surface area contributed by atoms with Gasteiger partial charge in [0.2, 0.25) is 0 Å². The quantitative estimate of drug-likeness (QED) is 0.506. The molecule has 0 unspecified atom stereocenters. The molecule has 0 fully saturated rings. The Hall–Kier alpha value is -0.650. The minimum Gasteiger partial charge on any atom is -0.143 e. The van der Waals surface area contributed by atoms with Gasteiger partial charge in [-0.25, -0.2) is 0 Å². The zero-order chi connectivity index (χ0) is 11.7. The molecule has 3 aromatic rings. The zero-order valence-corrected chi connectivity index (χ0v) is 12.7. The molecule has 3 rings (SSSR count). The number of rotatable bonds is 2. The van der Waals surface area contributed by atoms with Crippen LogP contribution in [0.3, 0.4) is 0 Å². The van der Waals surface area contributed by atoms with E-state index >= 15 is 0 Å². The van der Waals surface area contributed by atoms with Gasteiger partial charge in [0, 0.05) is 18.2 Å². The molecule has 0 radical (unpaired) electrons. The van der Waals surface area contributed by atoms with Crippen LogP contribution in [0.4, 0.5) is 0 Å². The van der Waals surface area contributed by atoms with Crippen LogP contribution in [0.1, 0.15) is 0 Å². The first kappa shape index (κ1) is 11.4. The molecule has 0 aliphatic carbocycles. The molecule has 0 nitrogen and oxygen atoms in total. The van der Waals surface area contributed by atoms with Gasteiger partial charge in [-0.15, -0.1) is 22.7 Å². The molecule has 0 aliphatic rings. The molecule has 2 heterocycles. The molecule has 0 amide bonds. The van der Waals surface area contributed by atoms with Crippen LogP contribution in [0.2, 0.25) is 0 Å². The minimum absolute atomic E-state index is 1.28. The van der Waals surface area contributed by atoms with E-state index in [2.05, 4.69) is 76.5 Å². The standard InChI is InChI=1S/C14H9IS2/c15-11-5-3-10(4-6-11)12-7-8-14(17-12)13-2-1-9-16-13/h1-9H. The van der Waals surface area contributed by atoms with Crippen molar-refractivity contribution in [3.05, 3.63) is 57.5 Å². The second-order valence-electron chi connectivity index (χ2n) is 3.65. The Labute approximate surface area is 122 Å². The van der Waals surface area contributed by atoms with Crippen LogP contribution >= 0.6 is 45.3 Å². The summed E-state index contributed by atoms with van der Waals surface area (Å²) in [5.74, 6) is 0. The molecule has 0 spiro atoms. The average molecular weight is 368 g/mol. The fourth-order valence-corrected chi connectivity index (χ4v) is 3.86. The maximum absolute atomic E-state index is 2.33. The summed E-state index contributed by atoms with van der Waals surface area (Å²) < 4.78 is 1.28. The third-order valence-corrected chi connectivity index (χ3v) is 5.42. The monoisotopic (exact) mass is 368 g/mol. The van der Waals surface area contributed by atoms with Gasteiger partial charge in [0.15, 0.2) is 0 Å². The van der Waals surface area contributed by atoms with Crippen molar-refractivity contribution in [2.75, 3.05) is 0 Å². The van der Waals surface area contributed by atoms with Crippen LogP contribution < -0.4 is 0 Å². The molecule has 0 atom stereocenters. The third-order valence-electron chi connectivity index (χ3n) is 2.50. The molecular weight excluding hydrogens is 359 g/mol. The van der Waals surface area contributed by atoms with Gasteiger partial charge in [0.25, 0.3) is 0 Å². The van der Waals surface area contributed by atoms with Crippen molar-refractivity contribution in [1.82, 2.24) is 0 Å². The first-order chi connectivity index (χ1) is 8.33. The van der Waals surface area contributed by atoms with E-state index in [1.54, 1.807) is 11.3 Å². The van der Waals surface area contributed by atoms with Crippen molar-refractivity contribution in [2.24, 2.45) is 0 Å². The van der Waals surface area contributed by atoms with E-state index < -0.39 is 0 Å². The highest BCUT2D eigenvalue weighted by molar-refractivity contribution is 14.1. The predicted octanol–water partition coefficient (Wildman–Crippen LogP) is 5.75. The number of benzene rings is 1.